The number of nitrogens with zero attached hydrogens (tertiary/aromatic N) is 1. The van der Waals surface area contributed by atoms with Crippen LogP contribution in [0.5, 0.6) is 0 Å². The van der Waals surface area contributed by atoms with Crippen molar-refractivity contribution in [2.45, 2.75) is 33.2 Å². The fourth-order valence-corrected chi connectivity index (χ4v) is 2.37. The van der Waals surface area contributed by atoms with Crippen LogP contribution >= 0.6 is 0 Å². The summed E-state index contributed by atoms with van der Waals surface area (Å²) in [6, 6.07) is 8.32. The summed E-state index contributed by atoms with van der Waals surface area (Å²) in [5, 5.41) is 9.96. The van der Waals surface area contributed by atoms with Gasteiger partial charge in [-0.25, -0.2) is 0 Å². The van der Waals surface area contributed by atoms with Crippen LogP contribution in [0.1, 0.15) is 24.6 Å². The molecule has 0 radical (unpaired) electrons. The zero-order chi connectivity index (χ0) is 12.4. The lowest BCUT2D eigenvalue weighted by Gasteiger charge is -2.08. The third-order valence-electron chi connectivity index (χ3n) is 3.12. The number of benzene rings is 1. The Morgan fingerprint density at radius 2 is 2.18 bits per heavy atom. The van der Waals surface area contributed by atoms with Crippen molar-refractivity contribution in [1.29, 1.82) is 0 Å². The SMILES string of the molecule is CCn1c(CCC(=O)O)cc2cccc(C)c21. The fourth-order valence-electron chi connectivity index (χ4n) is 2.37. The first-order valence-corrected chi connectivity index (χ1v) is 5.93. The third-order valence-corrected chi connectivity index (χ3v) is 3.12. The highest BCUT2D eigenvalue weighted by atomic mass is 16.4. The molecular formula is C14H17NO2. The molecule has 1 heterocycles. The Balaban J connectivity index is 2.49. The number of carboxylic acids is 1. The lowest BCUT2D eigenvalue weighted by Crippen LogP contribution is -2.04. The van der Waals surface area contributed by atoms with E-state index < -0.39 is 5.97 Å². The van der Waals surface area contributed by atoms with Crippen molar-refractivity contribution in [1.82, 2.24) is 4.57 Å². The van der Waals surface area contributed by atoms with Crippen LogP contribution in [0.4, 0.5) is 0 Å². The van der Waals surface area contributed by atoms with Gasteiger partial charge in [-0.15, -0.1) is 0 Å². The van der Waals surface area contributed by atoms with E-state index in [1.807, 2.05) is 6.07 Å². The highest BCUT2D eigenvalue weighted by Crippen LogP contribution is 2.24. The quantitative estimate of drug-likeness (QED) is 0.879. The summed E-state index contributed by atoms with van der Waals surface area (Å²) in [6.45, 7) is 5.06. The molecular weight excluding hydrogens is 214 g/mol. The van der Waals surface area contributed by atoms with Crippen LogP contribution in [0.25, 0.3) is 10.9 Å². The van der Waals surface area contributed by atoms with Gasteiger partial charge < -0.3 is 9.67 Å². The van der Waals surface area contributed by atoms with E-state index in [9.17, 15) is 4.79 Å². The molecule has 0 atom stereocenters. The number of para-hydroxylation sites is 1. The Morgan fingerprint density at radius 3 is 2.82 bits per heavy atom. The van der Waals surface area contributed by atoms with E-state index in [4.69, 9.17) is 5.11 Å². The highest BCUT2D eigenvalue weighted by molar-refractivity contribution is 5.84. The molecule has 0 aliphatic carbocycles. The molecule has 2 aromatic rings. The minimum Gasteiger partial charge on any atom is -0.481 e. The first-order chi connectivity index (χ1) is 8.13. The van der Waals surface area contributed by atoms with Crippen molar-refractivity contribution >= 4 is 16.9 Å². The summed E-state index contributed by atoms with van der Waals surface area (Å²) in [7, 11) is 0. The molecule has 0 unspecified atom stereocenters. The van der Waals surface area contributed by atoms with Crippen molar-refractivity contribution in [2.24, 2.45) is 0 Å². The van der Waals surface area contributed by atoms with Crippen LogP contribution in [-0.2, 0) is 17.8 Å². The van der Waals surface area contributed by atoms with Gasteiger partial charge in [0.15, 0.2) is 0 Å². The van der Waals surface area contributed by atoms with E-state index in [2.05, 4.69) is 36.6 Å². The van der Waals surface area contributed by atoms with Crippen molar-refractivity contribution in [3.05, 3.63) is 35.5 Å². The zero-order valence-electron chi connectivity index (χ0n) is 10.2. The molecule has 0 aliphatic heterocycles. The fraction of sp³-hybridized carbons (Fsp3) is 0.357. The minimum absolute atomic E-state index is 0.190. The number of hydrogen-bond acceptors (Lipinski definition) is 1. The van der Waals surface area contributed by atoms with E-state index >= 15 is 0 Å². The van der Waals surface area contributed by atoms with Crippen LogP contribution in [0.15, 0.2) is 24.3 Å². The van der Waals surface area contributed by atoms with E-state index in [-0.39, 0.29) is 6.42 Å². The van der Waals surface area contributed by atoms with Gasteiger partial charge in [0.2, 0.25) is 0 Å². The van der Waals surface area contributed by atoms with Crippen molar-refractivity contribution in [3.63, 3.8) is 0 Å². The summed E-state index contributed by atoms with van der Waals surface area (Å²) in [5.74, 6) is -0.741. The minimum atomic E-state index is -0.741. The second-order valence-electron chi connectivity index (χ2n) is 4.29. The lowest BCUT2D eigenvalue weighted by atomic mass is 10.1. The van der Waals surface area contributed by atoms with E-state index in [0.717, 1.165) is 12.2 Å². The van der Waals surface area contributed by atoms with Crippen molar-refractivity contribution in [2.75, 3.05) is 0 Å². The maximum Gasteiger partial charge on any atom is 0.303 e. The van der Waals surface area contributed by atoms with Gasteiger partial charge in [0.25, 0.3) is 0 Å². The molecule has 3 heteroatoms. The molecule has 90 valence electrons. The first kappa shape index (κ1) is 11.7. The number of aliphatic carboxylic acids is 1. The molecule has 17 heavy (non-hydrogen) atoms. The number of carboxylic acid groups (broad SMARTS) is 1. The smallest absolute Gasteiger partial charge is 0.303 e. The highest BCUT2D eigenvalue weighted by Gasteiger charge is 2.10. The summed E-state index contributed by atoms with van der Waals surface area (Å²) in [4.78, 5) is 10.6. The van der Waals surface area contributed by atoms with Gasteiger partial charge in [0, 0.05) is 17.6 Å². The molecule has 0 saturated carbocycles. The molecule has 0 amide bonds. The van der Waals surface area contributed by atoms with Crippen molar-refractivity contribution in [3.8, 4) is 0 Å². The standard InChI is InChI=1S/C14H17NO2/c1-3-15-12(7-8-13(16)17)9-11-6-4-5-10(2)14(11)15/h4-6,9H,3,7-8H2,1-2H3,(H,16,17). The van der Waals surface area contributed by atoms with Crippen LogP contribution in [0.3, 0.4) is 0 Å². The van der Waals surface area contributed by atoms with Gasteiger partial charge in [0.1, 0.15) is 0 Å². The summed E-state index contributed by atoms with van der Waals surface area (Å²) >= 11 is 0. The zero-order valence-corrected chi connectivity index (χ0v) is 10.2. The first-order valence-electron chi connectivity index (χ1n) is 5.93. The molecule has 0 saturated heterocycles. The summed E-state index contributed by atoms with van der Waals surface area (Å²) in [6.07, 6.45) is 0.784. The number of fused-ring (bicyclic) bond motifs is 1. The van der Waals surface area contributed by atoms with Gasteiger partial charge >= 0.3 is 5.97 Å². The normalized spacial score (nSPS) is 10.9. The van der Waals surface area contributed by atoms with Gasteiger partial charge in [-0.2, -0.15) is 0 Å². The average Bonchev–Trinajstić information content (AvgIpc) is 2.65. The third kappa shape index (κ3) is 2.18. The topological polar surface area (TPSA) is 42.2 Å². The van der Waals surface area contributed by atoms with E-state index in [1.54, 1.807) is 0 Å². The summed E-state index contributed by atoms with van der Waals surface area (Å²) in [5.41, 5.74) is 3.58. The average molecular weight is 231 g/mol. The molecule has 1 aromatic heterocycles. The van der Waals surface area contributed by atoms with E-state index in [0.29, 0.717) is 6.42 Å². The lowest BCUT2D eigenvalue weighted by molar-refractivity contribution is -0.136. The Hall–Kier alpha value is -1.77. The Kier molecular flexibility index (Phi) is 3.18. The number of aryl methyl sites for hydroxylation is 3. The van der Waals surface area contributed by atoms with Gasteiger partial charge in [-0.05, 0) is 31.9 Å². The van der Waals surface area contributed by atoms with Gasteiger partial charge in [0.05, 0.1) is 11.9 Å². The molecule has 0 fully saturated rings. The molecule has 2 rings (SSSR count). The van der Waals surface area contributed by atoms with Crippen LogP contribution in [-0.4, -0.2) is 15.6 Å². The molecule has 3 nitrogen and oxygen atoms in total. The predicted octanol–water partition coefficient (Wildman–Crippen LogP) is 2.99. The van der Waals surface area contributed by atoms with Gasteiger partial charge in [-0.3, -0.25) is 4.79 Å². The number of aromatic nitrogens is 1. The molecule has 1 aromatic carbocycles. The number of hydrogen-bond donors (Lipinski definition) is 1. The molecule has 0 bridgehead atoms. The van der Waals surface area contributed by atoms with Gasteiger partial charge in [-0.1, -0.05) is 18.2 Å². The van der Waals surface area contributed by atoms with Crippen molar-refractivity contribution < 1.29 is 9.90 Å². The Bertz CT molecular complexity index is 555. The molecule has 0 spiro atoms. The molecule has 1 N–H and O–H groups in total. The van der Waals surface area contributed by atoms with Crippen LogP contribution < -0.4 is 0 Å². The summed E-state index contributed by atoms with van der Waals surface area (Å²) < 4.78 is 2.22. The predicted molar refractivity (Wildman–Crippen MR) is 68.3 cm³/mol. The Morgan fingerprint density at radius 1 is 1.41 bits per heavy atom. The number of rotatable bonds is 4. The number of carbonyl (C=O) groups is 1. The Labute approximate surface area is 101 Å². The largest absolute Gasteiger partial charge is 0.481 e. The monoisotopic (exact) mass is 231 g/mol. The molecule has 0 aliphatic rings. The second kappa shape index (κ2) is 4.62. The van der Waals surface area contributed by atoms with Crippen LogP contribution in [0.2, 0.25) is 0 Å². The second-order valence-corrected chi connectivity index (χ2v) is 4.29. The van der Waals surface area contributed by atoms with E-state index in [1.165, 1.54) is 16.5 Å². The van der Waals surface area contributed by atoms with Crippen LogP contribution in [0, 0.1) is 6.92 Å². The maximum atomic E-state index is 10.6. The maximum absolute atomic E-state index is 10.6.